The number of hydrogen-bond acceptors (Lipinski definition) is 8. The number of rotatable bonds is 7. The molecule has 0 bridgehead atoms. The normalized spacial score (nSPS) is 17.6. The van der Waals surface area contributed by atoms with E-state index >= 15 is 0 Å². The van der Waals surface area contributed by atoms with Gasteiger partial charge in [-0.05, 0) is 66.4 Å². The number of imide groups is 1. The fraction of sp³-hybridized carbons (Fsp3) is 0.269. The van der Waals surface area contributed by atoms with Gasteiger partial charge in [-0.3, -0.25) is 19.9 Å². The Morgan fingerprint density at radius 3 is 2.72 bits per heavy atom. The molecule has 3 aromatic rings. The van der Waals surface area contributed by atoms with Crippen molar-refractivity contribution in [3.63, 3.8) is 0 Å². The van der Waals surface area contributed by atoms with E-state index in [1.807, 2.05) is 24.3 Å². The molecule has 5 rings (SSSR count). The van der Waals surface area contributed by atoms with Crippen molar-refractivity contribution in [1.82, 2.24) is 25.6 Å². The summed E-state index contributed by atoms with van der Waals surface area (Å²) in [5, 5.41) is 5.43. The van der Waals surface area contributed by atoms with Gasteiger partial charge in [-0.2, -0.15) is 0 Å². The van der Waals surface area contributed by atoms with E-state index in [0.717, 1.165) is 55.4 Å². The molecular formula is C26H25FN6O2S. The number of anilines is 1. The van der Waals surface area contributed by atoms with Crippen molar-refractivity contribution in [2.45, 2.75) is 19.4 Å². The quantitative estimate of drug-likeness (QED) is 0.466. The zero-order valence-corrected chi connectivity index (χ0v) is 20.3. The number of nitrogens with one attached hydrogen (secondary N) is 2. The number of piperidine rings is 1. The summed E-state index contributed by atoms with van der Waals surface area (Å²) in [6.07, 6.45) is 8.13. The lowest BCUT2D eigenvalue weighted by atomic mass is 9.96. The zero-order valence-electron chi connectivity index (χ0n) is 19.5. The molecule has 0 unspecified atom stereocenters. The summed E-state index contributed by atoms with van der Waals surface area (Å²) in [5.74, 6) is 0.422. The number of halogens is 1. The van der Waals surface area contributed by atoms with Gasteiger partial charge in [0, 0.05) is 37.6 Å². The highest BCUT2D eigenvalue weighted by atomic mass is 32.2. The standard InChI is InChI=1S/C26H25FN6O2S/c27-22-16-28-9-6-21(22)20-4-2-1-3-18(20)15-29-14-17-7-11-33(12-8-17)25-30-10-5-19(31-25)13-23-24(34)32-26(35)36-23/h1-6,9-10,13,16-17,29H,7-8,11-12,14-15H2,(H,32,34,35)/b23-13+. The summed E-state index contributed by atoms with van der Waals surface area (Å²) in [7, 11) is 0. The Hall–Kier alpha value is -3.63. The van der Waals surface area contributed by atoms with Crippen molar-refractivity contribution in [1.29, 1.82) is 0 Å². The van der Waals surface area contributed by atoms with Crippen LogP contribution in [0.25, 0.3) is 17.2 Å². The number of pyridine rings is 1. The highest BCUT2D eigenvalue weighted by molar-refractivity contribution is 8.18. The Labute approximate surface area is 212 Å². The van der Waals surface area contributed by atoms with Gasteiger partial charge in [0.1, 0.15) is 5.82 Å². The molecule has 10 heteroatoms. The van der Waals surface area contributed by atoms with E-state index < -0.39 is 5.91 Å². The summed E-state index contributed by atoms with van der Waals surface area (Å²) in [6.45, 7) is 3.19. The van der Waals surface area contributed by atoms with Crippen molar-refractivity contribution >= 4 is 34.9 Å². The predicted octanol–water partition coefficient (Wildman–Crippen LogP) is 4.01. The topological polar surface area (TPSA) is 100 Å². The second kappa shape index (κ2) is 11.0. The molecule has 4 heterocycles. The van der Waals surface area contributed by atoms with Crippen LogP contribution < -0.4 is 15.5 Å². The molecule has 2 aliphatic rings. The van der Waals surface area contributed by atoms with Crippen LogP contribution in [0.15, 0.2) is 59.9 Å². The molecule has 2 saturated heterocycles. The van der Waals surface area contributed by atoms with Crippen LogP contribution in [0.5, 0.6) is 0 Å². The third kappa shape index (κ3) is 5.60. The number of nitrogens with zero attached hydrogens (tertiary/aromatic N) is 4. The van der Waals surface area contributed by atoms with Crippen LogP contribution in [-0.4, -0.2) is 45.7 Å². The largest absolute Gasteiger partial charge is 0.341 e. The summed E-state index contributed by atoms with van der Waals surface area (Å²) in [6, 6.07) is 11.3. The summed E-state index contributed by atoms with van der Waals surface area (Å²) in [4.78, 5) is 38.5. The van der Waals surface area contributed by atoms with E-state index in [1.54, 1.807) is 30.6 Å². The van der Waals surface area contributed by atoms with Crippen molar-refractivity contribution in [3.8, 4) is 11.1 Å². The van der Waals surface area contributed by atoms with Gasteiger partial charge in [0.2, 0.25) is 5.95 Å². The molecule has 0 atom stereocenters. The minimum Gasteiger partial charge on any atom is -0.341 e. The third-order valence-corrected chi connectivity index (χ3v) is 7.12. The lowest BCUT2D eigenvalue weighted by Gasteiger charge is -2.32. The average Bonchev–Trinajstić information content (AvgIpc) is 3.21. The third-order valence-electron chi connectivity index (χ3n) is 6.31. The maximum Gasteiger partial charge on any atom is 0.290 e. The van der Waals surface area contributed by atoms with Gasteiger partial charge in [0.25, 0.3) is 11.1 Å². The van der Waals surface area contributed by atoms with Crippen LogP contribution in [0.4, 0.5) is 15.1 Å². The van der Waals surface area contributed by atoms with Gasteiger partial charge in [-0.1, -0.05) is 24.3 Å². The average molecular weight is 505 g/mol. The highest BCUT2D eigenvalue weighted by Gasteiger charge is 2.26. The lowest BCUT2D eigenvalue weighted by molar-refractivity contribution is -0.115. The van der Waals surface area contributed by atoms with E-state index in [4.69, 9.17) is 0 Å². The molecule has 0 spiro atoms. The van der Waals surface area contributed by atoms with Gasteiger partial charge >= 0.3 is 0 Å². The van der Waals surface area contributed by atoms with Crippen molar-refractivity contribution in [3.05, 3.63) is 77.0 Å². The van der Waals surface area contributed by atoms with E-state index in [1.165, 1.54) is 6.20 Å². The molecule has 0 radical (unpaired) electrons. The minimum atomic E-state index is -0.396. The zero-order chi connectivity index (χ0) is 24.9. The Morgan fingerprint density at radius 1 is 1.11 bits per heavy atom. The Morgan fingerprint density at radius 2 is 1.94 bits per heavy atom. The summed E-state index contributed by atoms with van der Waals surface area (Å²) in [5.41, 5.74) is 3.09. The molecule has 2 aliphatic heterocycles. The molecule has 0 saturated carbocycles. The fourth-order valence-electron chi connectivity index (χ4n) is 4.43. The molecule has 36 heavy (non-hydrogen) atoms. The highest BCUT2D eigenvalue weighted by Crippen LogP contribution is 2.27. The van der Waals surface area contributed by atoms with Gasteiger partial charge in [-0.15, -0.1) is 0 Å². The van der Waals surface area contributed by atoms with E-state index in [9.17, 15) is 14.0 Å². The first-order valence-electron chi connectivity index (χ1n) is 11.8. The molecule has 2 aromatic heterocycles. The van der Waals surface area contributed by atoms with E-state index in [2.05, 4.69) is 30.5 Å². The molecule has 2 N–H and O–H groups in total. The number of benzene rings is 1. The molecule has 2 amide bonds. The molecule has 0 aliphatic carbocycles. The van der Waals surface area contributed by atoms with Crippen LogP contribution in [-0.2, 0) is 11.3 Å². The van der Waals surface area contributed by atoms with Crippen LogP contribution >= 0.6 is 11.8 Å². The monoisotopic (exact) mass is 504 g/mol. The number of hydrogen-bond donors (Lipinski definition) is 2. The second-order valence-corrected chi connectivity index (χ2v) is 9.72. The minimum absolute atomic E-state index is 0.321. The number of aromatic nitrogens is 3. The SMILES string of the molecule is O=C1NC(=O)/C(=C\c2ccnc(N3CCC(CNCc4ccccc4-c4ccncc4F)CC3)n2)S1. The van der Waals surface area contributed by atoms with Crippen molar-refractivity contribution in [2.24, 2.45) is 5.92 Å². The molecular weight excluding hydrogens is 479 g/mol. The van der Waals surface area contributed by atoms with Crippen molar-refractivity contribution in [2.75, 3.05) is 24.5 Å². The number of thioether (sulfide) groups is 1. The van der Waals surface area contributed by atoms with Gasteiger partial charge < -0.3 is 10.2 Å². The second-order valence-electron chi connectivity index (χ2n) is 8.71. The van der Waals surface area contributed by atoms with E-state index in [-0.39, 0.29) is 11.1 Å². The van der Waals surface area contributed by atoms with Crippen LogP contribution in [0.1, 0.15) is 24.1 Å². The first kappa shape index (κ1) is 24.1. The van der Waals surface area contributed by atoms with Crippen LogP contribution in [0, 0.1) is 11.7 Å². The maximum absolute atomic E-state index is 14.3. The number of amides is 2. The smallest absolute Gasteiger partial charge is 0.290 e. The maximum atomic E-state index is 14.3. The Bertz CT molecular complexity index is 1310. The van der Waals surface area contributed by atoms with Crippen molar-refractivity contribution < 1.29 is 14.0 Å². The molecule has 1 aromatic carbocycles. The van der Waals surface area contributed by atoms with Crippen LogP contribution in [0.2, 0.25) is 0 Å². The van der Waals surface area contributed by atoms with Crippen LogP contribution in [0.3, 0.4) is 0 Å². The number of carbonyl (C=O) groups excluding carboxylic acids is 2. The first-order chi connectivity index (χ1) is 17.6. The van der Waals surface area contributed by atoms with E-state index in [0.29, 0.717) is 34.6 Å². The molecule has 184 valence electrons. The first-order valence-corrected chi connectivity index (χ1v) is 12.6. The van der Waals surface area contributed by atoms with Gasteiger partial charge in [-0.25, -0.2) is 14.4 Å². The molecule has 2 fully saturated rings. The summed E-state index contributed by atoms with van der Waals surface area (Å²) >= 11 is 0.876. The fourth-order valence-corrected chi connectivity index (χ4v) is 5.10. The Kier molecular flexibility index (Phi) is 7.33. The Balaban J connectivity index is 1.15. The summed E-state index contributed by atoms with van der Waals surface area (Å²) < 4.78 is 14.3. The lowest BCUT2D eigenvalue weighted by Crippen LogP contribution is -2.38. The van der Waals surface area contributed by atoms with Gasteiger partial charge in [0.15, 0.2) is 0 Å². The van der Waals surface area contributed by atoms with Gasteiger partial charge in [0.05, 0.1) is 16.8 Å². The number of carbonyl (C=O) groups is 2. The molecule has 8 nitrogen and oxygen atoms in total. The predicted molar refractivity (Wildman–Crippen MR) is 137 cm³/mol.